The summed E-state index contributed by atoms with van der Waals surface area (Å²) in [5.74, 6) is -0.961. The number of ether oxygens (including phenoxy) is 1. The van der Waals surface area contributed by atoms with E-state index in [4.69, 9.17) is 18.3 Å². The molecule has 5 atom stereocenters. The van der Waals surface area contributed by atoms with Crippen LogP contribution in [-0.4, -0.2) is 70.4 Å². The molecule has 0 saturated carbocycles. The minimum Gasteiger partial charge on any atom is -0.396 e. The molecule has 0 spiro atoms. The first-order valence-electron chi connectivity index (χ1n) is 11.9. The van der Waals surface area contributed by atoms with Gasteiger partial charge in [0.05, 0.1) is 19.6 Å². The summed E-state index contributed by atoms with van der Waals surface area (Å²) in [6.07, 6.45) is -0.454. The molecule has 0 aliphatic carbocycles. The number of hydrogen-bond acceptors (Lipinski definition) is 10. The van der Waals surface area contributed by atoms with E-state index in [1.807, 2.05) is 24.3 Å². The number of halogens is 1. The number of aliphatic hydroxyl groups is 1. The number of benzene rings is 1. The Kier molecular flexibility index (Phi) is 8.92. The third-order valence-corrected chi connectivity index (χ3v) is 11.2. The minimum absolute atomic E-state index is 0.0136. The molecule has 2 fully saturated rings. The molecular formula is C24H31FNO8PS2. The van der Waals surface area contributed by atoms with Crippen molar-refractivity contribution in [2.45, 2.75) is 73.8 Å². The molecule has 1 aromatic carbocycles. The van der Waals surface area contributed by atoms with Crippen molar-refractivity contribution in [2.75, 3.05) is 19.8 Å². The van der Waals surface area contributed by atoms with Gasteiger partial charge in [-0.15, -0.1) is 0 Å². The van der Waals surface area contributed by atoms with Crippen LogP contribution in [-0.2, 0) is 38.9 Å². The number of allylic oxidation sites excluding steroid dienone is 1. The molecule has 3 aliphatic heterocycles. The maximum atomic E-state index is 15.9. The van der Waals surface area contributed by atoms with E-state index in [2.05, 4.69) is 13.8 Å². The lowest BCUT2D eigenvalue weighted by molar-refractivity contribution is -0.150. The van der Waals surface area contributed by atoms with E-state index in [0.717, 1.165) is 15.4 Å². The molecule has 1 N–H and O–H groups in total. The summed E-state index contributed by atoms with van der Waals surface area (Å²) in [7, 11) is -0.836. The predicted octanol–water partition coefficient (Wildman–Crippen LogP) is 4.44. The normalized spacial score (nSPS) is 32.1. The van der Waals surface area contributed by atoms with Gasteiger partial charge >= 0.3 is 7.82 Å². The van der Waals surface area contributed by atoms with Crippen molar-refractivity contribution in [3.8, 4) is 0 Å². The second kappa shape index (κ2) is 11.5. The first-order chi connectivity index (χ1) is 17.4. The third kappa shape index (κ3) is 6.67. The number of rotatable bonds is 10. The second-order valence-electron chi connectivity index (χ2n) is 9.80. The van der Waals surface area contributed by atoms with Crippen molar-refractivity contribution in [3.63, 3.8) is 0 Å². The molecule has 0 aromatic heterocycles. The zero-order valence-electron chi connectivity index (χ0n) is 20.8. The summed E-state index contributed by atoms with van der Waals surface area (Å²) in [5, 5.41) is 9.26. The monoisotopic (exact) mass is 575 g/mol. The largest absolute Gasteiger partial charge is 0.475 e. The van der Waals surface area contributed by atoms with Crippen LogP contribution in [0.3, 0.4) is 0 Å². The Bertz CT molecular complexity index is 1100. The van der Waals surface area contributed by atoms with Gasteiger partial charge in [-0.3, -0.25) is 28.1 Å². The number of carbonyl (C=O) groups is 2. The van der Waals surface area contributed by atoms with E-state index in [1.165, 1.54) is 19.2 Å². The first-order valence-corrected chi connectivity index (χ1v) is 15.5. The molecule has 3 heterocycles. The maximum Gasteiger partial charge on any atom is 0.475 e. The molecule has 0 bridgehead atoms. The van der Waals surface area contributed by atoms with Crippen LogP contribution in [0.2, 0.25) is 0 Å². The van der Waals surface area contributed by atoms with Crippen molar-refractivity contribution >= 4 is 41.1 Å². The van der Waals surface area contributed by atoms with E-state index < -0.39 is 37.8 Å². The van der Waals surface area contributed by atoms with Crippen molar-refractivity contribution in [3.05, 3.63) is 42.1 Å². The fourth-order valence-corrected chi connectivity index (χ4v) is 8.24. The molecular weight excluding hydrogens is 544 g/mol. The molecule has 13 heteroatoms. The number of aliphatic hydroxyl groups excluding tert-OH is 1. The van der Waals surface area contributed by atoms with E-state index in [9.17, 15) is 19.3 Å². The molecule has 4 rings (SSSR count). The lowest BCUT2D eigenvalue weighted by Gasteiger charge is -2.35. The summed E-state index contributed by atoms with van der Waals surface area (Å²) < 4.78 is 51.1. The standard InChI is InChI=1S/C24H31FNO8PS2/c1-23(2,10-12-27)37-36-19-7-5-4-6-16(19)9-13-31-35(30)32-15-18-21(34-35)24(3,25)22(33-18)26-11-8-17(28)14-20(26)29/h4-8,11,18,21-22,27H,9-10,12-15H2,1-3H3/t18-,21-,22-,24-,35?/m1/s1. The van der Waals surface area contributed by atoms with Gasteiger partial charge in [0.2, 0.25) is 5.91 Å². The zero-order chi connectivity index (χ0) is 26.8. The maximum absolute atomic E-state index is 15.9. The highest BCUT2D eigenvalue weighted by atomic mass is 33.1. The first kappa shape index (κ1) is 28.8. The van der Waals surface area contributed by atoms with Crippen molar-refractivity contribution in [1.29, 1.82) is 0 Å². The third-order valence-electron chi connectivity index (χ3n) is 6.27. The van der Waals surface area contributed by atoms with Crippen molar-refractivity contribution in [2.24, 2.45) is 0 Å². The van der Waals surface area contributed by atoms with Crippen LogP contribution in [0, 0.1) is 0 Å². The van der Waals surface area contributed by atoms with Crippen molar-refractivity contribution in [1.82, 2.24) is 4.90 Å². The van der Waals surface area contributed by atoms with Gasteiger partial charge < -0.3 is 9.84 Å². The van der Waals surface area contributed by atoms with E-state index in [-0.39, 0.29) is 36.8 Å². The topological polar surface area (TPSA) is 112 Å². The lowest BCUT2D eigenvalue weighted by atomic mass is 9.97. The Morgan fingerprint density at radius 1 is 1.32 bits per heavy atom. The van der Waals surface area contributed by atoms with E-state index >= 15 is 4.39 Å². The van der Waals surface area contributed by atoms with Crippen LogP contribution < -0.4 is 0 Å². The van der Waals surface area contributed by atoms with Crippen LogP contribution in [0.1, 0.15) is 39.2 Å². The minimum atomic E-state index is -4.09. The van der Waals surface area contributed by atoms with Gasteiger partial charge in [0.1, 0.15) is 12.2 Å². The lowest BCUT2D eigenvalue weighted by Crippen LogP contribution is -2.52. The molecule has 1 amide bonds. The van der Waals surface area contributed by atoms with Crippen LogP contribution in [0.4, 0.5) is 4.39 Å². The SMILES string of the molecule is CC(C)(CCO)SSc1ccccc1CCOP1(=O)OC[C@H]2O[C@@H](N3C=CC(=O)CC3=O)[C@](C)(F)[C@@H]2O1. The quantitative estimate of drug-likeness (QED) is 0.244. The van der Waals surface area contributed by atoms with Crippen LogP contribution >= 0.6 is 29.4 Å². The average Bonchev–Trinajstić information content (AvgIpc) is 3.08. The summed E-state index contributed by atoms with van der Waals surface area (Å²) in [5.41, 5.74) is -1.25. The summed E-state index contributed by atoms with van der Waals surface area (Å²) in [4.78, 5) is 25.8. The molecule has 1 unspecified atom stereocenters. The van der Waals surface area contributed by atoms with Crippen molar-refractivity contribution < 1.29 is 42.0 Å². The summed E-state index contributed by atoms with van der Waals surface area (Å²) in [6, 6.07) is 7.76. The molecule has 37 heavy (non-hydrogen) atoms. The average molecular weight is 576 g/mol. The number of phosphoric ester groups is 1. The molecule has 9 nitrogen and oxygen atoms in total. The number of alkyl halides is 1. The molecule has 3 aliphatic rings. The number of phosphoric acid groups is 1. The second-order valence-corrected chi connectivity index (χ2v) is 14.3. The smallest absolute Gasteiger partial charge is 0.396 e. The van der Waals surface area contributed by atoms with Crippen LogP contribution in [0.5, 0.6) is 0 Å². The zero-order valence-corrected chi connectivity index (χ0v) is 23.4. The van der Waals surface area contributed by atoms with E-state index in [1.54, 1.807) is 21.6 Å². The van der Waals surface area contributed by atoms with E-state index in [0.29, 0.717) is 12.8 Å². The summed E-state index contributed by atoms with van der Waals surface area (Å²) in [6.45, 7) is 5.23. The highest BCUT2D eigenvalue weighted by Gasteiger charge is 2.63. The van der Waals surface area contributed by atoms with Gasteiger partial charge in [-0.1, -0.05) is 39.8 Å². The molecule has 0 radical (unpaired) electrons. The number of amides is 1. The van der Waals surface area contributed by atoms with Gasteiger partial charge in [0, 0.05) is 22.4 Å². The van der Waals surface area contributed by atoms with Gasteiger partial charge in [-0.05, 0) is 51.3 Å². The van der Waals surface area contributed by atoms with Crippen LogP contribution in [0.25, 0.3) is 0 Å². The highest BCUT2D eigenvalue weighted by molar-refractivity contribution is 8.77. The Hall–Kier alpha value is -1.24. The predicted molar refractivity (Wildman–Crippen MR) is 138 cm³/mol. The van der Waals surface area contributed by atoms with Gasteiger partial charge in [0.15, 0.2) is 17.7 Å². The Balaban J connectivity index is 1.36. The number of nitrogens with zero attached hydrogens (tertiary/aromatic N) is 1. The highest BCUT2D eigenvalue weighted by Crippen LogP contribution is 2.58. The Labute approximate surface area is 223 Å². The van der Waals surface area contributed by atoms with Gasteiger partial charge in [-0.25, -0.2) is 8.96 Å². The summed E-state index contributed by atoms with van der Waals surface area (Å²) >= 11 is 0. The van der Waals surface area contributed by atoms with Gasteiger partial charge in [0.25, 0.3) is 0 Å². The van der Waals surface area contributed by atoms with Crippen LogP contribution in [0.15, 0.2) is 41.4 Å². The number of fused-ring (bicyclic) bond motifs is 1. The number of ketones is 1. The fraction of sp³-hybridized carbons (Fsp3) is 0.583. The molecule has 1 aromatic rings. The Morgan fingerprint density at radius 3 is 2.81 bits per heavy atom. The fourth-order valence-electron chi connectivity index (χ4n) is 4.19. The number of carbonyl (C=O) groups excluding carboxylic acids is 2. The molecule has 2 saturated heterocycles. The molecule has 204 valence electrons. The Morgan fingerprint density at radius 2 is 2.08 bits per heavy atom. The van der Waals surface area contributed by atoms with Gasteiger partial charge in [-0.2, -0.15) is 0 Å². The number of hydrogen-bond donors (Lipinski definition) is 1.